The monoisotopic (exact) mass is 316 g/mol. The molecule has 0 spiro atoms. The molecule has 2 aliphatic rings. The first-order valence-corrected chi connectivity index (χ1v) is 10.1. The molecule has 2 rings (SSSR count). The van der Waals surface area contributed by atoms with Gasteiger partial charge in [-0.15, -0.1) is 0 Å². The topological polar surface area (TPSA) is 49.4 Å². The largest absolute Gasteiger partial charge is 0.310 e. The summed E-state index contributed by atoms with van der Waals surface area (Å²) in [6.45, 7) is 13.4. The molecule has 4 nitrogen and oxygen atoms in total. The second-order valence-electron chi connectivity index (χ2n) is 8.11. The molecular weight excluding hydrogens is 284 g/mol. The lowest BCUT2D eigenvalue weighted by atomic mass is 9.81. The second-order valence-corrected chi connectivity index (χ2v) is 10.6. The van der Waals surface area contributed by atoms with Crippen LogP contribution in [0.2, 0.25) is 0 Å². The second kappa shape index (κ2) is 5.82. The summed E-state index contributed by atoms with van der Waals surface area (Å²) in [4.78, 5) is 2.46. The molecule has 2 unspecified atom stereocenters. The molecule has 1 heterocycles. The maximum absolute atomic E-state index is 11.9. The third-order valence-corrected chi connectivity index (χ3v) is 7.13. The van der Waals surface area contributed by atoms with Crippen LogP contribution in [0.3, 0.4) is 0 Å². The van der Waals surface area contributed by atoms with E-state index in [0.717, 1.165) is 19.0 Å². The van der Waals surface area contributed by atoms with Gasteiger partial charge in [0.05, 0.1) is 5.75 Å². The molecule has 0 amide bonds. The fourth-order valence-corrected chi connectivity index (χ4v) is 4.15. The molecule has 124 valence electrons. The smallest absolute Gasteiger partial charge is 0.151 e. The van der Waals surface area contributed by atoms with Crippen LogP contribution in [0.25, 0.3) is 0 Å². The maximum Gasteiger partial charge on any atom is 0.151 e. The first-order valence-electron chi connectivity index (χ1n) is 8.27. The Morgan fingerprint density at radius 2 is 1.90 bits per heavy atom. The third-order valence-electron chi connectivity index (χ3n) is 5.45. The van der Waals surface area contributed by atoms with E-state index < -0.39 is 9.84 Å². The molecule has 2 fully saturated rings. The van der Waals surface area contributed by atoms with Gasteiger partial charge in [-0.25, -0.2) is 8.42 Å². The lowest BCUT2D eigenvalue weighted by Gasteiger charge is -2.51. The van der Waals surface area contributed by atoms with Crippen LogP contribution in [0.15, 0.2) is 0 Å². The molecule has 1 saturated heterocycles. The summed E-state index contributed by atoms with van der Waals surface area (Å²) in [5.74, 6) is 1.28. The van der Waals surface area contributed by atoms with Crippen LogP contribution in [0.5, 0.6) is 0 Å². The number of sulfone groups is 1. The fourth-order valence-electron chi connectivity index (χ4n) is 3.36. The molecule has 0 bridgehead atoms. The quantitative estimate of drug-likeness (QED) is 0.842. The van der Waals surface area contributed by atoms with Crippen molar-refractivity contribution in [1.82, 2.24) is 10.2 Å². The highest BCUT2D eigenvalue weighted by Gasteiger charge is 2.49. The summed E-state index contributed by atoms with van der Waals surface area (Å²) in [5, 5.41) is 3.72. The Bertz CT molecular complexity index is 465. The van der Waals surface area contributed by atoms with Gasteiger partial charge in [-0.2, -0.15) is 0 Å². The van der Waals surface area contributed by atoms with Gasteiger partial charge in [0.25, 0.3) is 0 Å². The average molecular weight is 317 g/mol. The molecule has 0 aromatic rings. The van der Waals surface area contributed by atoms with Crippen LogP contribution in [0.4, 0.5) is 0 Å². The van der Waals surface area contributed by atoms with Gasteiger partial charge in [-0.3, -0.25) is 4.90 Å². The molecule has 1 aliphatic carbocycles. The molecule has 1 saturated carbocycles. The predicted octanol–water partition coefficient (Wildman–Crippen LogP) is 1.91. The minimum absolute atomic E-state index is 0.130. The minimum atomic E-state index is -2.89. The van der Waals surface area contributed by atoms with Crippen LogP contribution in [0, 0.1) is 11.3 Å². The van der Waals surface area contributed by atoms with Crippen molar-refractivity contribution in [2.24, 2.45) is 11.3 Å². The van der Waals surface area contributed by atoms with Crippen molar-refractivity contribution in [1.29, 1.82) is 0 Å². The highest BCUT2D eigenvalue weighted by molar-refractivity contribution is 7.91. The first-order chi connectivity index (χ1) is 9.58. The van der Waals surface area contributed by atoms with E-state index in [4.69, 9.17) is 0 Å². The Hall–Kier alpha value is -0.130. The van der Waals surface area contributed by atoms with Crippen molar-refractivity contribution in [3.05, 3.63) is 0 Å². The summed E-state index contributed by atoms with van der Waals surface area (Å²) < 4.78 is 23.7. The van der Waals surface area contributed by atoms with Gasteiger partial charge < -0.3 is 5.32 Å². The molecule has 0 aromatic carbocycles. The zero-order chi connectivity index (χ0) is 15.9. The first kappa shape index (κ1) is 17.2. The summed E-state index contributed by atoms with van der Waals surface area (Å²) in [5.41, 5.74) is 0.331. The van der Waals surface area contributed by atoms with Gasteiger partial charge in [0, 0.05) is 37.0 Å². The van der Waals surface area contributed by atoms with Gasteiger partial charge >= 0.3 is 0 Å². The third kappa shape index (κ3) is 3.99. The van der Waals surface area contributed by atoms with Gasteiger partial charge in [-0.05, 0) is 31.1 Å². The lowest BCUT2D eigenvalue weighted by molar-refractivity contribution is 0.0153. The number of piperazine rings is 1. The Balaban J connectivity index is 2.10. The average Bonchev–Trinajstić information content (AvgIpc) is 3.21. The number of hydrogen-bond acceptors (Lipinski definition) is 4. The molecule has 0 aromatic heterocycles. The standard InChI is InChI=1S/C16H32N2O2S/c1-6-21(19,20)10-9-18-11-14(15(2,3)4)17-12-16(18,5)13-7-8-13/h13-14,17H,6-12H2,1-5H3. The van der Waals surface area contributed by atoms with Gasteiger partial charge in [0.2, 0.25) is 0 Å². The number of nitrogens with zero attached hydrogens (tertiary/aromatic N) is 1. The number of rotatable bonds is 5. The molecule has 5 heteroatoms. The van der Waals surface area contributed by atoms with Crippen LogP contribution in [-0.4, -0.2) is 56.0 Å². The van der Waals surface area contributed by atoms with E-state index >= 15 is 0 Å². The minimum Gasteiger partial charge on any atom is -0.310 e. The predicted molar refractivity (Wildman–Crippen MR) is 88.3 cm³/mol. The summed E-state index contributed by atoms with van der Waals surface area (Å²) in [6.07, 6.45) is 2.57. The number of hydrogen-bond donors (Lipinski definition) is 1. The fraction of sp³-hybridized carbons (Fsp3) is 1.00. The zero-order valence-electron chi connectivity index (χ0n) is 14.3. The molecule has 0 radical (unpaired) electrons. The van der Waals surface area contributed by atoms with E-state index in [1.54, 1.807) is 6.92 Å². The summed E-state index contributed by atoms with van der Waals surface area (Å²) in [7, 11) is -2.89. The Morgan fingerprint density at radius 3 is 2.38 bits per heavy atom. The van der Waals surface area contributed by atoms with E-state index in [2.05, 4.69) is 37.9 Å². The Kier molecular flexibility index (Phi) is 4.77. The molecule has 1 aliphatic heterocycles. The lowest BCUT2D eigenvalue weighted by Crippen LogP contribution is -2.67. The van der Waals surface area contributed by atoms with E-state index in [1.165, 1.54) is 12.8 Å². The van der Waals surface area contributed by atoms with Crippen molar-refractivity contribution < 1.29 is 8.42 Å². The van der Waals surface area contributed by atoms with Crippen LogP contribution < -0.4 is 5.32 Å². The van der Waals surface area contributed by atoms with Crippen molar-refractivity contribution in [2.75, 3.05) is 31.1 Å². The zero-order valence-corrected chi connectivity index (χ0v) is 15.1. The van der Waals surface area contributed by atoms with Crippen molar-refractivity contribution in [2.45, 2.75) is 59.0 Å². The van der Waals surface area contributed by atoms with Gasteiger partial charge in [-0.1, -0.05) is 27.7 Å². The molecule has 21 heavy (non-hydrogen) atoms. The summed E-state index contributed by atoms with van der Waals surface area (Å²) >= 11 is 0. The van der Waals surface area contributed by atoms with Gasteiger partial charge in [0.15, 0.2) is 9.84 Å². The highest BCUT2D eigenvalue weighted by atomic mass is 32.2. The van der Waals surface area contributed by atoms with Crippen molar-refractivity contribution in [3.8, 4) is 0 Å². The maximum atomic E-state index is 11.9. The van der Waals surface area contributed by atoms with Crippen LogP contribution in [-0.2, 0) is 9.84 Å². The van der Waals surface area contributed by atoms with E-state index in [0.29, 0.717) is 18.3 Å². The van der Waals surface area contributed by atoms with E-state index in [-0.39, 0.29) is 16.7 Å². The van der Waals surface area contributed by atoms with Crippen molar-refractivity contribution in [3.63, 3.8) is 0 Å². The van der Waals surface area contributed by atoms with Crippen molar-refractivity contribution >= 4 is 9.84 Å². The number of nitrogens with one attached hydrogen (secondary N) is 1. The molecule has 1 N–H and O–H groups in total. The Morgan fingerprint density at radius 1 is 1.29 bits per heavy atom. The molecular formula is C16H32N2O2S. The van der Waals surface area contributed by atoms with Crippen LogP contribution >= 0.6 is 0 Å². The normalized spacial score (nSPS) is 32.3. The van der Waals surface area contributed by atoms with E-state index in [9.17, 15) is 8.42 Å². The van der Waals surface area contributed by atoms with Crippen LogP contribution in [0.1, 0.15) is 47.5 Å². The Labute approximate surface area is 130 Å². The highest BCUT2D eigenvalue weighted by Crippen LogP contribution is 2.44. The van der Waals surface area contributed by atoms with E-state index in [1.807, 2.05) is 0 Å². The molecule has 2 atom stereocenters. The summed E-state index contributed by atoms with van der Waals surface area (Å²) in [6, 6.07) is 0.425. The SMILES string of the molecule is CCS(=O)(=O)CCN1CC(C(C)(C)C)NCC1(C)C1CC1. The van der Waals surface area contributed by atoms with Gasteiger partial charge in [0.1, 0.15) is 0 Å².